The summed E-state index contributed by atoms with van der Waals surface area (Å²) in [5.41, 5.74) is 8.92. The van der Waals surface area contributed by atoms with Crippen LogP contribution in [0.1, 0.15) is 76.8 Å². The van der Waals surface area contributed by atoms with Gasteiger partial charge in [-0.3, -0.25) is 9.97 Å². The number of ether oxygens (including phenoxy) is 1. The van der Waals surface area contributed by atoms with Crippen LogP contribution in [0.5, 0.6) is 11.5 Å². The zero-order chi connectivity index (χ0) is 28.3. The van der Waals surface area contributed by atoms with Crippen molar-refractivity contribution in [3.63, 3.8) is 0 Å². The van der Waals surface area contributed by atoms with E-state index in [4.69, 9.17) is 14.7 Å². The Bertz CT molecular complexity index is 1590. The van der Waals surface area contributed by atoms with Gasteiger partial charge in [0, 0.05) is 49.8 Å². The molecule has 6 nitrogen and oxygen atoms in total. The first-order valence-electron chi connectivity index (χ1n) is 13.4. The van der Waals surface area contributed by atoms with Gasteiger partial charge >= 0.3 is 0 Å². The van der Waals surface area contributed by atoms with Gasteiger partial charge in [0.05, 0.1) is 17.0 Å². The van der Waals surface area contributed by atoms with Gasteiger partial charge < -0.3 is 18.9 Å². The van der Waals surface area contributed by atoms with E-state index in [-0.39, 0.29) is 26.5 Å². The Labute approximate surface area is 253 Å². The van der Waals surface area contributed by atoms with E-state index in [2.05, 4.69) is 101 Å². The topological polar surface area (TPSA) is 45.9 Å². The fraction of sp³-hybridized carbons (Fsp3) is 0.364. The number of nitrogens with zero attached hydrogens (tertiary/aromatic N) is 5. The van der Waals surface area contributed by atoms with Crippen molar-refractivity contribution in [2.75, 3.05) is 11.9 Å². The Hall–Kier alpha value is -3.11. The van der Waals surface area contributed by atoms with Crippen LogP contribution in [0.15, 0.2) is 54.0 Å². The maximum Gasteiger partial charge on any atom is 0.0573 e. The first-order chi connectivity index (χ1) is 18.3. The van der Waals surface area contributed by atoms with Gasteiger partial charge in [-0.15, -0.1) is 30.0 Å². The normalized spacial score (nSPS) is 14.2. The second kappa shape index (κ2) is 10.7. The zero-order valence-electron chi connectivity index (χ0n) is 25.1. The maximum absolute atomic E-state index is 6.42. The third-order valence-electron chi connectivity index (χ3n) is 7.89. The Morgan fingerprint density at radius 1 is 0.900 bits per heavy atom. The smallest absolute Gasteiger partial charge is 0.0573 e. The van der Waals surface area contributed by atoms with Crippen molar-refractivity contribution in [1.29, 1.82) is 0 Å². The van der Waals surface area contributed by atoms with Gasteiger partial charge in [0.2, 0.25) is 0 Å². The molecule has 0 unspecified atom stereocenters. The van der Waals surface area contributed by atoms with Crippen molar-refractivity contribution in [3.05, 3.63) is 101 Å². The molecule has 0 spiro atoms. The number of benzene rings is 1. The van der Waals surface area contributed by atoms with Gasteiger partial charge in [-0.2, -0.15) is 18.8 Å². The molecule has 0 amide bonds. The van der Waals surface area contributed by atoms with Crippen LogP contribution in [0.3, 0.4) is 0 Å². The van der Waals surface area contributed by atoms with Gasteiger partial charge in [-0.25, -0.2) is 0 Å². The predicted octanol–water partition coefficient (Wildman–Crippen LogP) is 7.48. The van der Waals surface area contributed by atoms with E-state index in [1.165, 1.54) is 11.3 Å². The Kier molecular flexibility index (Phi) is 7.99. The van der Waals surface area contributed by atoms with Crippen molar-refractivity contribution in [2.24, 2.45) is 0 Å². The number of aryl methyl sites for hydroxylation is 2. The molecule has 0 atom stereocenters. The minimum absolute atomic E-state index is 0. The molecule has 3 aromatic heterocycles. The van der Waals surface area contributed by atoms with Crippen molar-refractivity contribution in [3.8, 4) is 11.5 Å². The molecule has 0 N–H and O–H groups in total. The van der Waals surface area contributed by atoms with E-state index in [1.807, 2.05) is 44.4 Å². The number of imidazole rings is 1. The number of anilines is 1. The van der Waals surface area contributed by atoms with Crippen LogP contribution in [0.2, 0.25) is 0 Å². The Morgan fingerprint density at radius 2 is 1.62 bits per heavy atom. The summed E-state index contributed by atoms with van der Waals surface area (Å²) in [5, 5.41) is 0. The van der Waals surface area contributed by atoms with E-state index in [0.717, 1.165) is 39.8 Å². The molecule has 0 saturated carbocycles. The molecule has 4 heterocycles. The van der Waals surface area contributed by atoms with Crippen molar-refractivity contribution < 1.29 is 25.8 Å². The Balaban J connectivity index is 0.00000370. The van der Waals surface area contributed by atoms with Crippen LogP contribution in [-0.4, -0.2) is 26.3 Å². The van der Waals surface area contributed by atoms with Gasteiger partial charge in [0.1, 0.15) is 0 Å². The fourth-order valence-corrected chi connectivity index (χ4v) is 4.97. The van der Waals surface area contributed by atoms with Crippen LogP contribution < -0.4 is 9.64 Å². The molecule has 1 aliphatic rings. The Morgan fingerprint density at radius 3 is 2.27 bits per heavy atom. The average Bonchev–Trinajstić information content (AvgIpc) is 3.32. The molecule has 0 saturated heterocycles. The molecule has 0 fully saturated rings. The summed E-state index contributed by atoms with van der Waals surface area (Å²) in [6.07, 6.45) is 1.91. The number of hydrogen-bond donors (Lipinski definition) is 0. The molecule has 0 bridgehead atoms. The van der Waals surface area contributed by atoms with E-state index >= 15 is 0 Å². The first-order valence-corrected chi connectivity index (χ1v) is 13.4. The van der Waals surface area contributed by atoms with Gasteiger partial charge in [-0.1, -0.05) is 40.3 Å². The van der Waals surface area contributed by atoms with Crippen molar-refractivity contribution >= 4 is 11.3 Å². The molecule has 0 radical (unpaired) electrons. The number of pyridine rings is 2. The van der Waals surface area contributed by atoms with Crippen LogP contribution in [0.25, 0.3) is 5.65 Å². The van der Waals surface area contributed by atoms with Crippen LogP contribution >= 0.6 is 0 Å². The quantitative estimate of drug-likeness (QED) is 0.201. The summed E-state index contributed by atoms with van der Waals surface area (Å²) in [7, 11) is 2.05. The largest absolute Gasteiger partial charge is 0.521 e. The SMILES string of the molecule is CC1=C(C)N(c2[c-]c(Oc3[c-]c(C(C)(C)c4cc(C(C)(C)C)ccn4)n4c(C)c(C)nc4c3)ccc2)[CH-]N1C.[Pt]. The number of allylic oxidation sites excluding steroid dienone is 2. The molecule has 5 rings (SSSR count). The van der Waals surface area contributed by atoms with E-state index < -0.39 is 5.41 Å². The second-order valence-electron chi connectivity index (χ2n) is 12.0. The third-order valence-corrected chi connectivity index (χ3v) is 7.89. The molecule has 40 heavy (non-hydrogen) atoms. The maximum atomic E-state index is 6.42. The summed E-state index contributed by atoms with van der Waals surface area (Å²) in [6, 6.07) is 19.3. The van der Waals surface area contributed by atoms with E-state index in [0.29, 0.717) is 11.5 Å². The first kappa shape index (κ1) is 29.9. The standard InChI is InChI=1S/C33H38N5O.Pt/c1-21-22(2)38-30(33(8,9)29-16-25(14-15-34-29)32(5,6)7)18-28(19-31(38)35-21)39-27-13-11-12-26(17-27)37-20-36(10)23(3)24(37)4;/h11-16,19-20H,1-10H3;/q-3;. The summed E-state index contributed by atoms with van der Waals surface area (Å²) >= 11 is 0. The summed E-state index contributed by atoms with van der Waals surface area (Å²) < 4.78 is 8.60. The van der Waals surface area contributed by atoms with E-state index in [9.17, 15) is 0 Å². The molecule has 4 aromatic rings. The van der Waals surface area contributed by atoms with Crippen molar-refractivity contribution in [1.82, 2.24) is 19.3 Å². The van der Waals surface area contributed by atoms with Gasteiger partial charge in [0.15, 0.2) is 0 Å². The monoisotopic (exact) mass is 715 g/mol. The molecule has 7 heteroatoms. The number of fused-ring (bicyclic) bond motifs is 1. The van der Waals surface area contributed by atoms with Gasteiger partial charge in [-0.05, 0) is 69.3 Å². The molecule has 214 valence electrons. The summed E-state index contributed by atoms with van der Waals surface area (Å²) in [5.74, 6) is 1.22. The fourth-order valence-electron chi connectivity index (χ4n) is 4.97. The minimum atomic E-state index is -0.461. The summed E-state index contributed by atoms with van der Waals surface area (Å²) in [4.78, 5) is 13.9. The molecular formula is C33H38N5OPt-3. The number of rotatable bonds is 5. The minimum Gasteiger partial charge on any atom is -0.521 e. The summed E-state index contributed by atoms with van der Waals surface area (Å²) in [6.45, 7) is 21.5. The van der Waals surface area contributed by atoms with Crippen molar-refractivity contribution in [2.45, 2.75) is 73.1 Å². The van der Waals surface area contributed by atoms with E-state index in [1.54, 1.807) is 0 Å². The molecule has 1 aliphatic heterocycles. The van der Waals surface area contributed by atoms with Gasteiger partial charge in [0.25, 0.3) is 0 Å². The molecular weight excluding hydrogens is 677 g/mol. The van der Waals surface area contributed by atoms with Crippen LogP contribution in [-0.2, 0) is 31.9 Å². The molecule has 1 aromatic carbocycles. The second-order valence-corrected chi connectivity index (χ2v) is 12.0. The number of aromatic nitrogens is 3. The van der Waals surface area contributed by atoms with Crippen LogP contribution in [0.4, 0.5) is 5.69 Å². The van der Waals surface area contributed by atoms with Crippen LogP contribution in [0, 0.1) is 32.6 Å². The average molecular weight is 716 g/mol. The molecule has 0 aliphatic carbocycles. The zero-order valence-corrected chi connectivity index (χ0v) is 27.4. The predicted molar refractivity (Wildman–Crippen MR) is 157 cm³/mol. The third kappa shape index (κ3) is 5.31. The number of hydrogen-bond acceptors (Lipinski definition) is 5.